The Kier molecular flexibility index (Phi) is 32.8. The standard InChI is InChI=1S/C55H92N8O16/c1-36(2)45(49(70)71)63-48(69)39(56)18-14-17-29-58-43(65)27-32-75-34-35-76-33-31-60-47(68)38-21-19-37(20-22-38)46(67)59-30-16-13-12-15-28-57-42(64)25-23-40(50(72)78-54(6,7)8)61-52(74)62-41(51(73)79-55(9,10)11)24-26-44(66)77-53(3,4)5/h19-22,36,39-41,45H,12-18,23-35,56H2,1-11H3,(H,57,64)(H,58,65)(H,59,67)(H,60,68)(H,63,69)(H,70,71)(H2,61,62,74)/t39-,40-,41-,45-/m0/s1. The minimum absolute atomic E-state index is 0.102. The van der Waals surface area contributed by atoms with E-state index in [-0.39, 0.29) is 94.6 Å². The number of aliphatic carboxylic acids is 1. The smallest absolute Gasteiger partial charge is 0.329 e. The van der Waals surface area contributed by atoms with Gasteiger partial charge in [0, 0.05) is 56.6 Å². The summed E-state index contributed by atoms with van der Waals surface area (Å²) in [6.45, 7) is 20.8. The van der Waals surface area contributed by atoms with Gasteiger partial charge in [0.15, 0.2) is 0 Å². The zero-order valence-electron chi connectivity index (χ0n) is 48.5. The number of esters is 3. The van der Waals surface area contributed by atoms with Crippen LogP contribution in [0, 0.1) is 5.92 Å². The number of rotatable bonds is 37. The van der Waals surface area contributed by atoms with Crippen LogP contribution in [0.2, 0.25) is 0 Å². The molecule has 24 nitrogen and oxygen atoms in total. The number of ether oxygens (including phenoxy) is 5. The zero-order chi connectivity index (χ0) is 59.8. The largest absolute Gasteiger partial charge is 0.480 e. The molecule has 0 saturated carbocycles. The van der Waals surface area contributed by atoms with Gasteiger partial charge < -0.3 is 71.7 Å². The molecule has 0 heterocycles. The Balaban J connectivity index is 2.33. The summed E-state index contributed by atoms with van der Waals surface area (Å²) in [6.07, 6.45) is 4.01. The highest BCUT2D eigenvalue weighted by Gasteiger charge is 2.32. The number of benzene rings is 1. The van der Waals surface area contributed by atoms with Gasteiger partial charge in [-0.25, -0.2) is 19.2 Å². The molecule has 0 fully saturated rings. The predicted octanol–water partition coefficient (Wildman–Crippen LogP) is 3.71. The van der Waals surface area contributed by atoms with Gasteiger partial charge in [0.05, 0.1) is 32.5 Å². The highest BCUT2D eigenvalue weighted by molar-refractivity contribution is 5.98. The van der Waals surface area contributed by atoms with E-state index in [0.717, 1.165) is 12.8 Å². The van der Waals surface area contributed by atoms with Crippen LogP contribution in [0.1, 0.15) is 174 Å². The van der Waals surface area contributed by atoms with Crippen LogP contribution in [0.3, 0.4) is 0 Å². The fraction of sp³-hybridized carbons (Fsp3) is 0.709. The van der Waals surface area contributed by atoms with Crippen molar-refractivity contribution in [2.75, 3.05) is 52.6 Å². The molecule has 7 amide bonds. The van der Waals surface area contributed by atoms with Crippen molar-refractivity contribution < 1.29 is 76.7 Å². The Hall–Kier alpha value is -6.40. The molecule has 0 spiro atoms. The van der Waals surface area contributed by atoms with E-state index in [2.05, 4.69) is 37.2 Å². The van der Waals surface area contributed by atoms with E-state index in [0.29, 0.717) is 62.9 Å². The minimum Gasteiger partial charge on any atom is -0.480 e. The fourth-order valence-corrected chi connectivity index (χ4v) is 7.06. The zero-order valence-corrected chi connectivity index (χ0v) is 48.5. The molecule has 0 aliphatic rings. The highest BCUT2D eigenvalue weighted by Crippen LogP contribution is 2.16. The molecule has 0 aromatic heterocycles. The van der Waals surface area contributed by atoms with Gasteiger partial charge in [-0.15, -0.1) is 0 Å². The molecule has 24 heteroatoms. The topological polar surface area (TPSA) is 347 Å². The van der Waals surface area contributed by atoms with Gasteiger partial charge in [0.1, 0.15) is 34.9 Å². The van der Waals surface area contributed by atoms with E-state index >= 15 is 0 Å². The fourth-order valence-electron chi connectivity index (χ4n) is 7.06. The first-order valence-corrected chi connectivity index (χ1v) is 27.3. The van der Waals surface area contributed by atoms with Gasteiger partial charge in [-0.3, -0.25) is 28.8 Å². The number of unbranched alkanes of at least 4 members (excludes halogenated alkanes) is 4. The van der Waals surface area contributed by atoms with E-state index in [9.17, 15) is 53.1 Å². The van der Waals surface area contributed by atoms with Crippen LogP contribution in [0.4, 0.5) is 4.79 Å². The molecule has 0 radical (unpaired) electrons. The number of nitrogens with two attached hydrogens (primary N) is 1. The molecule has 4 atom stereocenters. The number of hydrogen-bond acceptors (Lipinski definition) is 16. The normalized spacial score (nSPS) is 13.1. The SMILES string of the molecule is CC(C)[C@H](NC(=O)[C@@H](N)CCCCNC(=O)CCOCCOCCNC(=O)c1ccc(C(=O)NCCCCCCNC(=O)CC[C@H](NC(=O)N[C@@H](CCC(=O)OC(C)(C)C)C(=O)OC(C)(C)C)C(=O)OC(C)(C)C)cc1)C(=O)O. The Morgan fingerprint density at radius 3 is 1.41 bits per heavy atom. The van der Waals surface area contributed by atoms with E-state index in [1.165, 1.54) is 0 Å². The summed E-state index contributed by atoms with van der Waals surface area (Å²) in [5, 5.41) is 27.9. The average molecular weight is 1120 g/mol. The summed E-state index contributed by atoms with van der Waals surface area (Å²) < 4.78 is 27.2. The number of hydrogen-bond donors (Lipinski definition) is 9. The van der Waals surface area contributed by atoms with Gasteiger partial charge >= 0.3 is 29.9 Å². The maximum absolute atomic E-state index is 13.2. The lowest BCUT2D eigenvalue weighted by molar-refractivity contribution is -0.159. The lowest BCUT2D eigenvalue weighted by Crippen LogP contribution is -2.53. The molecule has 1 aromatic carbocycles. The molecule has 1 rings (SSSR count). The van der Waals surface area contributed by atoms with E-state index < -0.39 is 76.8 Å². The number of amides is 7. The minimum atomic E-state index is -1.25. The highest BCUT2D eigenvalue weighted by atomic mass is 16.6. The molecule has 0 bridgehead atoms. The summed E-state index contributed by atoms with van der Waals surface area (Å²) in [7, 11) is 0. The second kappa shape index (κ2) is 36.7. The molecular formula is C55H92N8O16. The first kappa shape index (κ1) is 70.6. The second-order valence-electron chi connectivity index (χ2n) is 22.3. The van der Waals surface area contributed by atoms with Crippen molar-refractivity contribution >= 4 is 59.4 Å². The Morgan fingerprint density at radius 2 is 0.937 bits per heavy atom. The molecule has 448 valence electrons. The molecular weight excluding hydrogens is 1030 g/mol. The van der Waals surface area contributed by atoms with Crippen molar-refractivity contribution in [2.24, 2.45) is 11.7 Å². The van der Waals surface area contributed by atoms with Gasteiger partial charge in [0.2, 0.25) is 17.7 Å². The van der Waals surface area contributed by atoms with Crippen LogP contribution >= 0.6 is 0 Å². The van der Waals surface area contributed by atoms with Crippen LogP contribution < -0.4 is 43.0 Å². The number of nitrogens with one attached hydrogen (secondary N) is 7. The first-order valence-electron chi connectivity index (χ1n) is 27.3. The van der Waals surface area contributed by atoms with E-state index in [4.69, 9.17) is 29.4 Å². The van der Waals surface area contributed by atoms with Gasteiger partial charge in [-0.2, -0.15) is 0 Å². The number of urea groups is 1. The Morgan fingerprint density at radius 1 is 0.506 bits per heavy atom. The van der Waals surface area contributed by atoms with Crippen molar-refractivity contribution in [3.8, 4) is 0 Å². The van der Waals surface area contributed by atoms with Crippen LogP contribution in [-0.2, 0) is 57.2 Å². The summed E-state index contributed by atoms with van der Waals surface area (Å²) in [5.74, 6) is -5.21. The van der Waals surface area contributed by atoms with Crippen molar-refractivity contribution in [3.05, 3.63) is 35.4 Å². The third kappa shape index (κ3) is 35.0. The summed E-state index contributed by atoms with van der Waals surface area (Å²) in [4.78, 5) is 126. The predicted molar refractivity (Wildman–Crippen MR) is 293 cm³/mol. The summed E-state index contributed by atoms with van der Waals surface area (Å²) in [5.41, 5.74) is 4.11. The maximum Gasteiger partial charge on any atom is 0.329 e. The van der Waals surface area contributed by atoms with Crippen molar-refractivity contribution in [1.29, 1.82) is 0 Å². The third-order valence-electron chi connectivity index (χ3n) is 11.0. The monoisotopic (exact) mass is 1120 g/mol. The molecule has 79 heavy (non-hydrogen) atoms. The summed E-state index contributed by atoms with van der Waals surface area (Å²) in [6, 6.07) is 0.993. The van der Waals surface area contributed by atoms with Gasteiger partial charge in [-0.1, -0.05) is 26.7 Å². The van der Waals surface area contributed by atoms with Crippen molar-refractivity contribution in [1.82, 2.24) is 37.2 Å². The average Bonchev–Trinajstić information content (AvgIpc) is 3.33. The molecule has 0 saturated heterocycles. The van der Waals surface area contributed by atoms with Crippen LogP contribution in [0.5, 0.6) is 0 Å². The van der Waals surface area contributed by atoms with Crippen molar-refractivity contribution in [2.45, 2.75) is 194 Å². The molecule has 0 aliphatic carbocycles. The summed E-state index contributed by atoms with van der Waals surface area (Å²) >= 11 is 0. The second-order valence-corrected chi connectivity index (χ2v) is 22.3. The molecule has 0 unspecified atom stereocenters. The van der Waals surface area contributed by atoms with Crippen molar-refractivity contribution in [3.63, 3.8) is 0 Å². The first-order chi connectivity index (χ1) is 36.9. The molecule has 1 aromatic rings. The van der Waals surface area contributed by atoms with Crippen LogP contribution in [0.15, 0.2) is 24.3 Å². The Bertz CT molecular complexity index is 2100. The Labute approximate surface area is 465 Å². The quantitative estimate of drug-likeness (QED) is 0.0260. The number of carbonyl (C=O) groups excluding carboxylic acids is 9. The van der Waals surface area contributed by atoms with Crippen LogP contribution in [0.25, 0.3) is 0 Å². The van der Waals surface area contributed by atoms with Gasteiger partial charge in [0.25, 0.3) is 11.8 Å². The maximum atomic E-state index is 13.2. The number of carbonyl (C=O) groups is 10. The third-order valence-corrected chi connectivity index (χ3v) is 11.0. The number of carboxylic acids is 1. The lowest BCUT2D eigenvalue weighted by atomic mass is 10.0. The molecule has 0 aliphatic heterocycles. The van der Waals surface area contributed by atoms with E-state index in [1.807, 2.05) is 0 Å². The van der Waals surface area contributed by atoms with Gasteiger partial charge in [-0.05, 0) is 137 Å². The van der Waals surface area contributed by atoms with Crippen LogP contribution in [-0.4, -0.2) is 158 Å². The van der Waals surface area contributed by atoms with E-state index in [1.54, 1.807) is 100 Å². The lowest BCUT2D eigenvalue weighted by Gasteiger charge is -2.27. The number of carboxylic acid groups (broad SMARTS) is 1. The molecule has 10 N–H and O–H groups in total.